The van der Waals surface area contributed by atoms with Gasteiger partial charge in [-0.2, -0.15) is 12.7 Å². The summed E-state index contributed by atoms with van der Waals surface area (Å²) < 4.78 is 34.8. The average Bonchev–Trinajstić information content (AvgIpc) is 3.35. The van der Waals surface area contributed by atoms with Crippen molar-refractivity contribution in [3.8, 4) is 5.75 Å². The minimum Gasteiger partial charge on any atom is -0.494 e. The third-order valence-corrected chi connectivity index (χ3v) is 8.25. The number of hydrogen-bond acceptors (Lipinski definition) is 7. The van der Waals surface area contributed by atoms with Gasteiger partial charge in [0.15, 0.2) is 0 Å². The molecule has 1 aromatic carbocycles. The Morgan fingerprint density at radius 3 is 2.82 bits per heavy atom. The molecule has 1 atom stereocenters. The second kappa shape index (κ2) is 10.6. The number of benzene rings is 1. The third-order valence-electron chi connectivity index (χ3n) is 6.28. The van der Waals surface area contributed by atoms with Gasteiger partial charge in [0.25, 0.3) is 0 Å². The highest BCUT2D eigenvalue weighted by molar-refractivity contribution is 7.90. The Bertz CT molecular complexity index is 1140. The lowest BCUT2D eigenvalue weighted by atomic mass is 10.0. The minimum absolute atomic E-state index is 0.308. The number of ether oxygens (including phenoxy) is 1. The molecule has 10 heteroatoms. The van der Waals surface area contributed by atoms with Gasteiger partial charge in [-0.05, 0) is 68.4 Å². The molecule has 1 aliphatic heterocycles. The Labute approximate surface area is 201 Å². The molecule has 2 heterocycles. The van der Waals surface area contributed by atoms with E-state index in [1.807, 2.05) is 13.0 Å². The first-order valence-electron chi connectivity index (χ1n) is 11.8. The van der Waals surface area contributed by atoms with Gasteiger partial charge in [0.1, 0.15) is 18.2 Å². The summed E-state index contributed by atoms with van der Waals surface area (Å²) >= 11 is 0. The van der Waals surface area contributed by atoms with Crippen molar-refractivity contribution in [2.24, 2.45) is 11.1 Å². The van der Waals surface area contributed by atoms with E-state index in [1.165, 1.54) is 16.1 Å². The number of aryl methyl sites for hydroxylation is 1. The molecule has 2 N–H and O–H groups in total. The van der Waals surface area contributed by atoms with Crippen LogP contribution in [0.4, 0.5) is 11.5 Å². The molecular formula is C24H33N5O4S. The van der Waals surface area contributed by atoms with Gasteiger partial charge in [0.05, 0.1) is 18.0 Å². The number of oxime groups is 1. The summed E-state index contributed by atoms with van der Waals surface area (Å²) in [5, 5.41) is 4.20. The van der Waals surface area contributed by atoms with Crippen LogP contribution in [0, 0.1) is 5.92 Å². The first kappa shape index (κ1) is 24.3. The fourth-order valence-corrected chi connectivity index (χ4v) is 5.93. The van der Waals surface area contributed by atoms with E-state index in [0.29, 0.717) is 50.3 Å². The van der Waals surface area contributed by atoms with Crippen LogP contribution < -0.4 is 14.8 Å². The number of anilines is 2. The molecular weight excluding hydrogens is 454 g/mol. The molecule has 1 fully saturated rings. The van der Waals surface area contributed by atoms with Gasteiger partial charge in [0, 0.05) is 37.5 Å². The topological polar surface area (TPSA) is 110 Å². The zero-order chi connectivity index (χ0) is 24.1. The van der Waals surface area contributed by atoms with E-state index < -0.39 is 10.2 Å². The summed E-state index contributed by atoms with van der Waals surface area (Å²) in [6.07, 6.45) is 4.99. The largest absolute Gasteiger partial charge is 0.494 e. The van der Waals surface area contributed by atoms with E-state index in [9.17, 15) is 8.42 Å². The summed E-state index contributed by atoms with van der Waals surface area (Å²) in [5.74, 6) is 1.50. The maximum Gasteiger partial charge on any atom is 0.304 e. The summed E-state index contributed by atoms with van der Waals surface area (Å²) in [5.41, 5.74) is 9.66. The van der Waals surface area contributed by atoms with Gasteiger partial charge < -0.3 is 15.3 Å². The molecule has 0 saturated carbocycles. The molecule has 0 spiro atoms. The van der Waals surface area contributed by atoms with Crippen LogP contribution >= 0.6 is 0 Å². The van der Waals surface area contributed by atoms with Crippen LogP contribution in [0.3, 0.4) is 0 Å². The van der Waals surface area contributed by atoms with Crippen LogP contribution in [0.2, 0.25) is 0 Å². The molecule has 0 radical (unpaired) electrons. The van der Waals surface area contributed by atoms with Gasteiger partial charge in [0.2, 0.25) is 0 Å². The Morgan fingerprint density at radius 1 is 1.18 bits per heavy atom. The van der Waals surface area contributed by atoms with E-state index >= 15 is 0 Å². The van der Waals surface area contributed by atoms with Crippen molar-refractivity contribution in [3.05, 3.63) is 47.7 Å². The quantitative estimate of drug-likeness (QED) is 0.515. The predicted octanol–water partition coefficient (Wildman–Crippen LogP) is 3.21. The van der Waals surface area contributed by atoms with E-state index in [0.717, 1.165) is 42.7 Å². The fourth-order valence-electron chi connectivity index (χ4n) is 4.31. The third kappa shape index (κ3) is 5.44. The zero-order valence-corrected chi connectivity index (χ0v) is 20.6. The lowest BCUT2D eigenvalue weighted by molar-refractivity contribution is 0.158. The predicted molar refractivity (Wildman–Crippen MR) is 133 cm³/mol. The second-order valence-electron chi connectivity index (χ2n) is 8.72. The maximum absolute atomic E-state index is 12.9. The van der Waals surface area contributed by atoms with E-state index in [4.69, 9.17) is 15.3 Å². The Hall–Kier alpha value is -2.85. The molecule has 0 amide bonds. The van der Waals surface area contributed by atoms with E-state index in [-0.39, 0.29) is 0 Å². The normalized spacial score (nSPS) is 19.4. The summed E-state index contributed by atoms with van der Waals surface area (Å²) in [6, 6.07) is 9.38. The molecule has 0 bridgehead atoms. The van der Waals surface area contributed by atoms with Crippen molar-refractivity contribution in [2.45, 2.75) is 39.5 Å². The van der Waals surface area contributed by atoms with Gasteiger partial charge in [-0.3, -0.25) is 4.31 Å². The molecule has 9 nitrogen and oxygen atoms in total. The monoisotopic (exact) mass is 487 g/mol. The summed E-state index contributed by atoms with van der Waals surface area (Å²) in [6.45, 7) is 6.59. The molecule has 1 aromatic heterocycles. The van der Waals surface area contributed by atoms with E-state index in [1.54, 1.807) is 16.4 Å². The van der Waals surface area contributed by atoms with Crippen LogP contribution in [0.5, 0.6) is 5.75 Å². The average molecular weight is 488 g/mol. The Balaban J connectivity index is 1.23. The van der Waals surface area contributed by atoms with Crippen molar-refractivity contribution in [3.63, 3.8) is 0 Å². The van der Waals surface area contributed by atoms with Crippen molar-refractivity contribution in [1.82, 2.24) is 9.29 Å². The lowest BCUT2D eigenvalue weighted by Gasteiger charge is -2.21. The number of nitrogen functional groups attached to an aromatic ring is 1. The van der Waals surface area contributed by atoms with Crippen LogP contribution in [0.15, 0.2) is 41.7 Å². The number of fused-ring (bicyclic) bond motifs is 1. The molecule has 2 aliphatic rings. The number of pyridine rings is 1. The molecule has 34 heavy (non-hydrogen) atoms. The van der Waals surface area contributed by atoms with Crippen molar-refractivity contribution in [2.75, 3.05) is 42.9 Å². The number of hydrogen-bond donors (Lipinski definition) is 1. The SMILES string of the molecule is CCO/N=C1\CCc2cc(OCCC(C)CCN3CCN(c4ccnc(N)c4)S3(=O)=O)ccc21. The standard InChI is InChI=1S/C24H33N5O4S/c1-3-33-27-23-7-4-19-16-21(5-6-22(19)23)32-15-10-18(2)9-12-28-13-14-29(34(28,30)31)20-8-11-26-24(25)17-20/h5-6,8,11,16-18H,3-4,7,9-10,12-15H2,1-2H3,(H2,25,26)/b27-23+. The number of nitrogens with zero attached hydrogens (tertiary/aromatic N) is 4. The highest BCUT2D eigenvalue weighted by Crippen LogP contribution is 2.28. The number of rotatable bonds is 10. The molecule has 2 aromatic rings. The van der Waals surface area contributed by atoms with Crippen LogP contribution in [-0.2, 0) is 21.5 Å². The van der Waals surface area contributed by atoms with Crippen molar-refractivity contribution >= 4 is 27.4 Å². The summed E-state index contributed by atoms with van der Waals surface area (Å²) in [7, 11) is -3.54. The molecule has 1 aliphatic carbocycles. The maximum atomic E-state index is 12.9. The van der Waals surface area contributed by atoms with Crippen LogP contribution in [-0.4, -0.2) is 56.3 Å². The molecule has 184 valence electrons. The first-order chi connectivity index (χ1) is 16.4. The highest BCUT2D eigenvalue weighted by Gasteiger charge is 2.36. The smallest absolute Gasteiger partial charge is 0.304 e. The highest BCUT2D eigenvalue weighted by atomic mass is 32.2. The van der Waals surface area contributed by atoms with Crippen molar-refractivity contribution < 1.29 is 18.0 Å². The van der Waals surface area contributed by atoms with Gasteiger partial charge in [-0.15, -0.1) is 0 Å². The zero-order valence-electron chi connectivity index (χ0n) is 19.8. The second-order valence-corrected chi connectivity index (χ2v) is 10.6. The summed E-state index contributed by atoms with van der Waals surface area (Å²) in [4.78, 5) is 9.15. The lowest BCUT2D eigenvalue weighted by Crippen LogP contribution is -2.34. The van der Waals surface area contributed by atoms with Crippen LogP contribution in [0.1, 0.15) is 44.2 Å². The van der Waals surface area contributed by atoms with Crippen molar-refractivity contribution in [1.29, 1.82) is 0 Å². The van der Waals surface area contributed by atoms with E-state index in [2.05, 4.69) is 29.2 Å². The minimum atomic E-state index is -3.54. The fraction of sp³-hybridized carbons (Fsp3) is 0.500. The van der Waals surface area contributed by atoms with Gasteiger partial charge >= 0.3 is 10.2 Å². The molecule has 1 saturated heterocycles. The van der Waals surface area contributed by atoms with Gasteiger partial charge in [-0.1, -0.05) is 12.1 Å². The Kier molecular flexibility index (Phi) is 7.57. The van der Waals surface area contributed by atoms with Crippen LogP contribution in [0.25, 0.3) is 0 Å². The number of aromatic nitrogens is 1. The van der Waals surface area contributed by atoms with Gasteiger partial charge in [-0.25, -0.2) is 4.98 Å². The number of nitrogens with two attached hydrogens (primary N) is 1. The molecule has 4 rings (SSSR count). The Morgan fingerprint density at radius 2 is 2.03 bits per heavy atom. The molecule has 1 unspecified atom stereocenters. The first-order valence-corrected chi connectivity index (χ1v) is 13.2.